The number of carbonyl (C=O) groups excluding carboxylic acids is 2. The van der Waals surface area contributed by atoms with E-state index in [1.807, 2.05) is 6.92 Å². The Bertz CT molecular complexity index is 783. The highest BCUT2D eigenvalue weighted by Gasteiger charge is 2.17. The highest BCUT2D eigenvalue weighted by atomic mass is 35.5. The van der Waals surface area contributed by atoms with Gasteiger partial charge in [-0.3, -0.25) is 4.79 Å². The van der Waals surface area contributed by atoms with E-state index < -0.39 is 25.1 Å². The minimum atomic E-state index is -3.08. The first kappa shape index (κ1) is 18.7. The second kappa shape index (κ2) is 8.43. The van der Waals surface area contributed by atoms with Gasteiger partial charge in [0.05, 0.1) is 0 Å². The molecule has 0 saturated carbocycles. The van der Waals surface area contributed by atoms with Crippen molar-refractivity contribution in [3.63, 3.8) is 0 Å². The number of ether oxygens (including phenoxy) is 2. The molecule has 0 aliphatic rings. The Morgan fingerprint density at radius 3 is 2.60 bits per heavy atom. The number of halogens is 3. The maximum Gasteiger partial charge on any atom is 0.387 e. The molecule has 0 unspecified atom stereocenters. The van der Waals surface area contributed by atoms with Gasteiger partial charge in [0.1, 0.15) is 11.3 Å². The third kappa shape index (κ3) is 5.42. The van der Waals surface area contributed by atoms with Gasteiger partial charge in [0.25, 0.3) is 5.91 Å². The van der Waals surface area contributed by atoms with Gasteiger partial charge in [-0.1, -0.05) is 29.8 Å². The first-order chi connectivity index (χ1) is 11.9. The van der Waals surface area contributed by atoms with Crippen LogP contribution >= 0.6 is 11.6 Å². The Morgan fingerprint density at radius 2 is 1.92 bits per heavy atom. The number of nitrogens with one attached hydrogen (secondary N) is 1. The smallest absolute Gasteiger partial charge is 0.387 e. The summed E-state index contributed by atoms with van der Waals surface area (Å²) in [6, 6.07) is 10.3. The quantitative estimate of drug-likeness (QED) is 0.780. The minimum Gasteiger partial charge on any atom is -0.452 e. The number of anilines is 1. The number of benzene rings is 2. The van der Waals surface area contributed by atoms with Crippen molar-refractivity contribution in [3.8, 4) is 5.75 Å². The van der Waals surface area contributed by atoms with Crippen LogP contribution in [0.1, 0.15) is 15.9 Å². The van der Waals surface area contributed by atoms with Gasteiger partial charge >= 0.3 is 12.6 Å². The van der Waals surface area contributed by atoms with Crippen LogP contribution in [0.5, 0.6) is 5.75 Å². The Balaban J connectivity index is 1.95. The molecule has 25 heavy (non-hydrogen) atoms. The molecule has 0 aliphatic heterocycles. The van der Waals surface area contributed by atoms with Gasteiger partial charge in [-0.25, -0.2) is 4.79 Å². The largest absolute Gasteiger partial charge is 0.452 e. The van der Waals surface area contributed by atoms with Crippen LogP contribution in [0.25, 0.3) is 0 Å². The van der Waals surface area contributed by atoms with Crippen LogP contribution in [0.2, 0.25) is 5.02 Å². The van der Waals surface area contributed by atoms with Crippen molar-refractivity contribution in [1.82, 2.24) is 0 Å². The first-order valence-corrected chi connectivity index (χ1v) is 7.51. The number of hydrogen-bond donors (Lipinski definition) is 1. The van der Waals surface area contributed by atoms with Gasteiger partial charge in [0.2, 0.25) is 0 Å². The molecule has 0 atom stereocenters. The van der Waals surface area contributed by atoms with E-state index in [4.69, 9.17) is 16.3 Å². The molecule has 1 amide bonds. The lowest BCUT2D eigenvalue weighted by Gasteiger charge is -2.11. The van der Waals surface area contributed by atoms with Crippen LogP contribution in [-0.2, 0) is 9.53 Å². The predicted octanol–water partition coefficient (Wildman–Crippen LogP) is 4.05. The molecule has 132 valence electrons. The van der Waals surface area contributed by atoms with Gasteiger partial charge in [-0.2, -0.15) is 8.78 Å². The van der Waals surface area contributed by atoms with Crippen LogP contribution in [0, 0.1) is 6.92 Å². The SMILES string of the molecule is Cc1ccc(NC(=O)COC(=O)c2ccccc2OC(F)F)cc1Cl. The fourth-order valence-electron chi connectivity index (χ4n) is 1.91. The second-order valence-corrected chi connectivity index (χ2v) is 5.37. The van der Waals surface area contributed by atoms with E-state index in [0.29, 0.717) is 10.7 Å². The molecular formula is C17H14ClF2NO4. The lowest BCUT2D eigenvalue weighted by Crippen LogP contribution is -2.21. The second-order valence-electron chi connectivity index (χ2n) is 4.96. The Morgan fingerprint density at radius 1 is 1.20 bits per heavy atom. The zero-order valence-electron chi connectivity index (χ0n) is 13.1. The number of rotatable bonds is 6. The number of esters is 1. The van der Waals surface area contributed by atoms with Crippen LogP contribution in [0.3, 0.4) is 0 Å². The molecule has 0 radical (unpaired) electrons. The van der Waals surface area contributed by atoms with Gasteiger partial charge in [-0.15, -0.1) is 0 Å². The summed E-state index contributed by atoms with van der Waals surface area (Å²) in [4.78, 5) is 23.8. The lowest BCUT2D eigenvalue weighted by molar-refractivity contribution is -0.119. The van der Waals surface area contributed by atoms with Gasteiger partial charge in [-0.05, 0) is 36.8 Å². The van der Waals surface area contributed by atoms with E-state index in [-0.39, 0.29) is 11.3 Å². The molecule has 0 aliphatic carbocycles. The number of carbonyl (C=O) groups is 2. The minimum absolute atomic E-state index is 0.200. The van der Waals surface area contributed by atoms with Crippen molar-refractivity contribution in [1.29, 1.82) is 0 Å². The van der Waals surface area contributed by atoms with Crippen molar-refractivity contribution in [2.24, 2.45) is 0 Å². The van der Waals surface area contributed by atoms with E-state index in [2.05, 4.69) is 10.1 Å². The zero-order valence-corrected chi connectivity index (χ0v) is 13.8. The molecule has 0 fully saturated rings. The predicted molar refractivity (Wildman–Crippen MR) is 88.2 cm³/mol. The van der Waals surface area contributed by atoms with Crippen molar-refractivity contribution >= 4 is 29.2 Å². The first-order valence-electron chi connectivity index (χ1n) is 7.14. The van der Waals surface area contributed by atoms with Crippen LogP contribution in [0.4, 0.5) is 14.5 Å². The molecule has 0 heterocycles. The average molecular weight is 370 g/mol. The van der Waals surface area contributed by atoms with Crippen molar-refractivity contribution in [2.75, 3.05) is 11.9 Å². The van der Waals surface area contributed by atoms with Crippen molar-refractivity contribution < 1.29 is 27.8 Å². The monoisotopic (exact) mass is 369 g/mol. The number of hydrogen-bond acceptors (Lipinski definition) is 4. The summed E-state index contributed by atoms with van der Waals surface area (Å²) in [5.74, 6) is -1.87. The molecule has 2 aromatic rings. The summed E-state index contributed by atoms with van der Waals surface area (Å²) < 4.78 is 33.7. The van der Waals surface area contributed by atoms with E-state index in [1.165, 1.54) is 24.3 Å². The maximum absolute atomic E-state index is 12.3. The fraction of sp³-hybridized carbons (Fsp3) is 0.176. The Hall–Kier alpha value is -2.67. The lowest BCUT2D eigenvalue weighted by atomic mass is 10.2. The third-order valence-corrected chi connectivity index (χ3v) is 3.52. The molecule has 0 saturated heterocycles. The molecule has 0 aromatic heterocycles. The summed E-state index contributed by atoms with van der Waals surface area (Å²) in [5, 5.41) is 2.99. The average Bonchev–Trinajstić information content (AvgIpc) is 2.56. The summed E-state index contributed by atoms with van der Waals surface area (Å²) >= 11 is 5.95. The highest BCUT2D eigenvalue weighted by Crippen LogP contribution is 2.22. The van der Waals surface area contributed by atoms with Crippen LogP contribution in [0.15, 0.2) is 42.5 Å². The van der Waals surface area contributed by atoms with E-state index >= 15 is 0 Å². The molecule has 0 bridgehead atoms. The summed E-state index contributed by atoms with van der Waals surface area (Å²) in [7, 11) is 0. The number of aryl methyl sites for hydroxylation is 1. The van der Waals surface area contributed by atoms with Crippen LogP contribution < -0.4 is 10.1 Å². The highest BCUT2D eigenvalue weighted by molar-refractivity contribution is 6.31. The molecule has 0 spiro atoms. The molecule has 2 aromatic carbocycles. The third-order valence-electron chi connectivity index (χ3n) is 3.11. The molecular weight excluding hydrogens is 356 g/mol. The Labute approximate surface area is 147 Å². The van der Waals surface area contributed by atoms with E-state index in [1.54, 1.807) is 18.2 Å². The normalized spacial score (nSPS) is 10.4. The summed E-state index contributed by atoms with van der Waals surface area (Å²) in [6.45, 7) is -1.86. The van der Waals surface area contributed by atoms with Crippen molar-refractivity contribution in [2.45, 2.75) is 13.5 Å². The van der Waals surface area contributed by atoms with Crippen LogP contribution in [-0.4, -0.2) is 25.1 Å². The van der Waals surface area contributed by atoms with Gasteiger partial charge in [0.15, 0.2) is 6.61 Å². The Kier molecular flexibility index (Phi) is 6.30. The zero-order chi connectivity index (χ0) is 18.4. The van der Waals surface area contributed by atoms with Crippen molar-refractivity contribution in [3.05, 3.63) is 58.6 Å². The van der Waals surface area contributed by atoms with E-state index in [0.717, 1.165) is 5.56 Å². The number of para-hydroxylation sites is 1. The molecule has 8 heteroatoms. The summed E-state index contributed by atoms with van der Waals surface area (Å²) in [6.07, 6.45) is 0. The molecule has 5 nitrogen and oxygen atoms in total. The van der Waals surface area contributed by atoms with E-state index in [9.17, 15) is 18.4 Å². The maximum atomic E-state index is 12.3. The number of alkyl halides is 2. The van der Waals surface area contributed by atoms with Gasteiger partial charge in [0, 0.05) is 10.7 Å². The molecule has 2 rings (SSSR count). The topological polar surface area (TPSA) is 64.6 Å². The standard InChI is InChI=1S/C17H14ClF2NO4/c1-10-6-7-11(8-13(10)18)21-15(22)9-24-16(23)12-4-2-3-5-14(12)25-17(19)20/h2-8,17H,9H2,1H3,(H,21,22). The summed E-state index contributed by atoms with van der Waals surface area (Å²) in [5.41, 5.74) is 1.09. The molecule has 1 N–H and O–H groups in total. The van der Waals surface area contributed by atoms with Gasteiger partial charge < -0.3 is 14.8 Å². The fourth-order valence-corrected chi connectivity index (χ4v) is 2.09. The number of amides is 1.